The van der Waals surface area contributed by atoms with Crippen LogP contribution in [0.4, 0.5) is 5.69 Å². The van der Waals surface area contributed by atoms with Gasteiger partial charge in [-0.1, -0.05) is 72.8 Å². The largest absolute Gasteiger partial charge is 0.359 e. The van der Waals surface area contributed by atoms with Crippen LogP contribution in [-0.2, 0) is 25.7 Å². The number of hydrogen-bond donors (Lipinski definition) is 2. The van der Waals surface area contributed by atoms with Gasteiger partial charge in [-0.3, -0.25) is 14.4 Å². The van der Waals surface area contributed by atoms with Crippen molar-refractivity contribution in [2.24, 2.45) is 11.8 Å². The molecule has 2 saturated heterocycles. The normalized spacial score (nSPS) is 29.9. The number of benzene rings is 2. The molecule has 3 unspecified atom stereocenters. The maximum atomic E-state index is 14.1. The van der Waals surface area contributed by atoms with Gasteiger partial charge in [-0.15, -0.1) is 0 Å². The van der Waals surface area contributed by atoms with E-state index in [4.69, 9.17) is 16.3 Å². The Hall–Kier alpha value is -3.16. The van der Waals surface area contributed by atoms with Gasteiger partial charge in [0.15, 0.2) is 0 Å². The van der Waals surface area contributed by atoms with Gasteiger partial charge >= 0.3 is 0 Å². The first-order chi connectivity index (χ1) is 18.4. The van der Waals surface area contributed by atoms with Crippen LogP contribution in [-0.4, -0.2) is 46.4 Å². The number of aryl methyl sites for hydroxylation is 1. The zero-order valence-electron chi connectivity index (χ0n) is 21.4. The number of hydrogen-bond acceptors (Lipinski definition) is 4. The smallest absolute Gasteiger partial charge is 0.246 e. The molecule has 3 amide bonds. The molecular formula is C30H32ClN3O4. The summed E-state index contributed by atoms with van der Waals surface area (Å²) >= 11 is 5.99. The van der Waals surface area contributed by atoms with E-state index in [1.807, 2.05) is 43.3 Å². The van der Waals surface area contributed by atoms with Crippen molar-refractivity contribution in [2.45, 2.75) is 69.4 Å². The van der Waals surface area contributed by atoms with Gasteiger partial charge in [0.05, 0.1) is 17.9 Å². The molecule has 2 bridgehead atoms. The van der Waals surface area contributed by atoms with Crippen LogP contribution in [0.3, 0.4) is 0 Å². The molecule has 7 nitrogen and oxygen atoms in total. The Labute approximate surface area is 227 Å². The van der Waals surface area contributed by atoms with E-state index in [1.54, 1.807) is 29.2 Å². The van der Waals surface area contributed by atoms with Crippen LogP contribution in [0.1, 0.15) is 43.2 Å². The fraction of sp³-hybridized carbons (Fsp3) is 0.433. The van der Waals surface area contributed by atoms with Crippen LogP contribution in [0.5, 0.6) is 0 Å². The van der Waals surface area contributed by atoms with Crippen LogP contribution in [0, 0.1) is 18.8 Å². The highest BCUT2D eigenvalue weighted by molar-refractivity contribution is 6.30. The van der Waals surface area contributed by atoms with Gasteiger partial charge in [-0.05, 0) is 49.6 Å². The summed E-state index contributed by atoms with van der Waals surface area (Å²) in [4.78, 5) is 43.2. The second-order valence-corrected chi connectivity index (χ2v) is 11.4. The number of nitrogens with one attached hydrogen (secondary N) is 2. The molecule has 38 heavy (non-hydrogen) atoms. The SMILES string of the molecule is Cc1ccc(CN2C(=O)[C@H]3C(C(=O)Nc4ccc(Cl)cc4)[C@H]4C=CC3(O4)C2C(=O)NC2CCCCC2)cc1. The molecular weight excluding hydrogens is 502 g/mol. The minimum absolute atomic E-state index is 0.0922. The molecule has 1 aliphatic carbocycles. The van der Waals surface area contributed by atoms with Gasteiger partial charge in [-0.2, -0.15) is 0 Å². The molecule has 8 heteroatoms. The maximum Gasteiger partial charge on any atom is 0.246 e. The Morgan fingerprint density at radius 1 is 1.03 bits per heavy atom. The summed E-state index contributed by atoms with van der Waals surface area (Å²) in [7, 11) is 0. The molecule has 4 aliphatic rings. The molecule has 3 fully saturated rings. The van der Waals surface area contributed by atoms with Crippen molar-refractivity contribution in [1.29, 1.82) is 0 Å². The molecule has 6 rings (SSSR count). The minimum Gasteiger partial charge on any atom is -0.359 e. The van der Waals surface area contributed by atoms with E-state index in [-0.39, 0.29) is 30.3 Å². The van der Waals surface area contributed by atoms with Crippen LogP contribution in [0.2, 0.25) is 5.02 Å². The standard InChI is InChI=1S/C30H32ClN3O4/c1-18-7-9-19(10-8-18)17-34-26(28(36)33-21-5-3-2-4-6-21)30-16-15-23(38-30)24(25(30)29(34)37)27(35)32-22-13-11-20(31)12-14-22/h7-16,21,23-26H,2-6,17H2,1H3,(H,32,35)(H,33,36)/t23-,24?,25-,26?,30?/m1/s1. The van der Waals surface area contributed by atoms with Crippen LogP contribution in [0.15, 0.2) is 60.7 Å². The van der Waals surface area contributed by atoms with Crippen molar-refractivity contribution in [3.63, 3.8) is 0 Å². The fourth-order valence-corrected chi connectivity index (χ4v) is 6.74. The number of rotatable bonds is 6. The summed E-state index contributed by atoms with van der Waals surface area (Å²) < 4.78 is 6.44. The first kappa shape index (κ1) is 25.1. The van der Waals surface area contributed by atoms with E-state index in [0.29, 0.717) is 10.7 Å². The minimum atomic E-state index is -1.17. The lowest BCUT2D eigenvalue weighted by Gasteiger charge is -2.34. The molecule has 198 valence electrons. The Balaban J connectivity index is 1.32. The second kappa shape index (κ2) is 9.86. The third kappa shape index (κ3) is 4.31. The van der Waals surface area contributed by atoms with Gasteiger partial charge in [-0.25, -0.2) is 0 Å². The molecule has 3 aliphatic heterocycles. The second-order valence-electron chi connectivity index (χ2n) is 11.0. The zero-order valence-corrected chi connectivity index (χ0v) is 22.1. The summed E-state index contributed by atoms with van der Waals surface area (Å²) in [6.45, 7) is 2.28. The van der Waals surface area contributed by atoms with Crippen LogP contribution in [0.25, 0.3) is 0 Å². The number of nitrogens with zero attached hydrogens (tertiary/aromatic N) is 1. The number of ether oxygens (including phenoxy) is 1. The molecule has 2 aromatic carbocycles. The monoisotopic (exact) mass is 533 g/mol. The van der Waals surface area contributed by atoms with E-state index >= 15 is 0 Å². The number of likely N-dealkylation sites (tertiary alicyclic amines) is 1. The first-order valence-corrected chi connectivity index (χ1v) is 13.8. The topological polar surface area (TPSA) is 87.7 Å². The van der Waals surface area contributed by atoms with Crippen molar-refractivity contribution in [1.82, 2.24) is 10.2 Å². The predicted octanol–water partition coefficient (Wildman–Crippen LogP) is 4.39. The van der Waals surface area contributed by atoms with Crippen molar-refractivity contribution in [3.8, 4) is 0 Å². The summed E-state index contributed by atoms with van der Waals surface area (Å²) in [6, 6.07) is 14.0. The third-order valence-electron chi connectivity index (χ3n) is 8.46. The molecule has 2 aromatic rings. The molecule has 1 saturated carbocycles. The quantitative estimate of drug-likeness (QED) is 0.539. The number of halogens is 1. The molecule has 2 N–H and O–H groups in total. The summed E-state index contributed by atoms with van der Waals surface area (Å²) in [6.07, 6.45) is 8.35. The van der Waals surface area contributed by atoms with Gasteiger partial charge in [0, 0.05) is 23.3 Å². The molecule has 5 atom stereocenters. The number of carbonyl (C=O) groups excluding carboxylic acids is 3. The first-order valence-electron chi connectivity index (χ1n) is 13.5. The Kier molecular flexibility index (Phi) is 6.52. The fourth-order valence-electron chi connectivity index (χ4n) is 6.61. The average Bonchev–Trinajstić information content (AvgIpc) is 3.55. The van der Waals surface area contributed by atoms with Gasteiger partial charge in [0.2, 0.25) is 17.7 Å². The lowest BCUT2D eigenvalue weighted by molar-refractivity contribution is -0.142. The van der Waals surface area contributed by atoms with Crippen molar-refractivity contribution < 1.29 is 19.1 Å². The number of amides is 3. The van der Waals surface area contributed by atoms with E-state index < -0.39 is 29.6 Å². The van der Waals surface area contributed by atoms with Crippen molar-refractivity contribution >= 4 is 35.0 Å². The highest BCUT2D eigenvalue weighted by atomic mass is 35.5. The maximum absolute atomic E-state index is 14.1. The van der Waals surface area contributed by atoms with E-state index in [1.165, 1.54) is 6.42 Å². The third-order valence-corrected chi connectivity index (χ3v) is 8.71. The highest BCUT2D eigenvalue weighted by Gasteiger charge is 2.72. The lowest BCUT2D eigenvalue weighted by Crippen LogP contribution is -2.56. The summed E-state index contributed by atoms with van der Waals surface area (Å²) in [5, 5.41) is 6.72. The van der Waals surface area contributed by atoms with Gasteiger partial charge in [0.1, 0.15) is 11.6 Å². The molecule has 0 aromatic heterocycles. The van der Waals surface area contributed by atoms with E-state index in [2.05, 4.69) is 10.6 Å². The van der Waals surface area contributed by atoms with Crippen molar-refractivity contribution in [2.75, 3.05) is 5.32 Å². The Bertz CT molecular complexity index is 1270. The number of anilines is 1. The summed E-state index contributed by atoms with van der Waals surface area (Å²) in [5.41, 5.74) is 1.46. The molecule has 3 heterocycles. The Morgan fingerprint density at radius 2 is 1.74 bits per heavy atom. The molecule has 0 radical (unpaired) electrons. The van der Waals surface area contributed by atoms with Crippen molar-refractivity contribution in [3.05, 3.63) is 76.8 Å². The lowest BCUT2D eigenvalue weighted by atomic mass is 9.74. The average molecular weight is 534 g/mol. The van der Waals surface area contributed by atoms with E-state index in [0.717, 1.165) is 36.8 Å². The highest BCUT2D eigenvalue weighted by Crippen LogP contribution is 2.55. The van der Waals surface area contributed by atoms with Gasteiger partial charge < -0.3 is 20.3 Å². The van der Waals surface area contributed by atoms with Crippen LogP contribution < -0.4 is 10.6 Å². The zero-order chi connectivity index (χ0) is 26.4. The van der Waals surface area contributed by atoms with Crippen LogP contribution >= 0.6 is 11.6 Å². The van der Waals surface area contributed by atoms with E-state index in [9.17, 15) is 14.4 Å². The summed E-state index contributed by atoms with van der Waals surface area (Å²) in [5.74, 6) is -2.25. The number of fused-ring (bicyclic) bond motifs is 1. The number of carbonyl (C=O) groups is 3. The molecule has 1 spiro atoms. The van der Waals surface area contributed by atoms with Gasteiger partial charge in [0.25, 0.3) is 0 Å². The Morgan fingerprint density at radius 3 is 2.45 bits per heavy atom. The predicted molar refractivity (Wildman–Crippen MR) is 144 cm³/mol.